The fraction of sp³-hybridized carbons (Fsp3) is 1.00. The van der Waals surface area contributed by atoms with Crippen LogP contribution in [0.15, 0.2) is 0 Å². The van der Waals surface area contributed by atoms with Gasteiger partial charge in [0.15, 0.2) is 0 Å². The van der Waals surface area contributed by atoms with Crippen molar-refractivity contribution in [1.29, 1.82) is 0 Å². The molecule has 0 bridgehead atoms. The highest BCUT2D eigenvalue weighted by Crippen LogP contribution is 2.26. The van der Waals surface area contributed by atoms with Crippen LogP contribution in [-0.4, -0.2) is 49.8 Å². The summed E-state index contributed by atoms with van der Waals surface area (Å²) in [7, 11) is 0. The predicted octanol–water partition coefficient (Wildman–Crippen LogP) is 0.707. The Hall–Kier alpha value is -0.120. The monoisotopic (exact) mass is 198 g/mol. The molecule has 2 atom stereocenters. The van der Waals surface area contributed by atoms with Crippen LogP contribution in [0.5, 0.6) is 0 Å². The Kier molecular flexibility index (Phi) is 3.10. The smallest absolute Gasteiger partial charge is 0.0648 e. The quantitative estimate of drug-likeness (QED) is 0.671. The molecule has 0 aromatic heterocycles. The molecule has 14 heavy (non-hydrogen) atoms. The maximum Gasteiger partial charge on any atom is 0.0648 e. The van der Waals surface area contributed by atoms with Gasteiger partial charge in [-0.2, -0.15) is 0 Å². The first kappa shape index (κ1) is 10.4. The van der Waals surface area contributed by atoms with Gasteiger partial charge in [0.1, 0.15) is 0 Å². The minimum absolute atomic E-state index is 0.306. The van der Waals surface area contributed by atoms with Crippen molar-refractivity contribution >= 4 is 0 Å². The average Bonchev–Trinajstić information content (AvgIpc) is 2.47. The van der Waals surface area contributed by atoms with Gasteiger partial charge in [0, 0.05) is 31.8 Å². The number of hydrogen-bond donors (Lipinski definition) is 1. The third-order valence-corrected chi connectivity index (χ3v) is 3.54. The van der Waals surface area contributed by atoms with Gasteiger partial charge in [-0.05, 0) is 25.8 Å². The summed E-state index contributed by atoms with van der Waals surface area (Å²) in [6, 6.07) is 0. The molecule has 3 nitrogen and oxygen atoms in total. The van der Waals surface area contributed by atoms with E-state index in [9.17, 15) is 0 Å². The topological polar surface area (TPSA) is 24.5 Å². The molecule has 3 heteroatoms. The van der Waals surface area contributed by atoms with E-state index in [0.717, 1.165) is 32.2 Å². The molecular formula is C11H22N2O. The van der Waals surface area contributed by atoms with E-state index in [1.54, 1.807) is 0 Å². The normalized spacial score (nSPS) is 41.1. The summed E-state index contributed by atoms with van der Waals surface area (Å²) in [6.45, 7) is 11.2. The summed E-state index contributed by atoms with van der Waals surface area (Å²) in [5, 5.41) is 3.49. The largest absolute Gasteiger partial charge is 0.379 e. The van der Waals surface area contributed by atoms with E-state index in [4.69, 9.17) is 4.74 Å². The van der Waals surface area contributed by atoms with Crippen LogP contribution in [0.3, 0.4) is 0 Å². The Labute approximate surface area is 86.8 Å². The van der Waals surface area contributed by atoms with Crippen molar-refractivity contribution in [3.8, 4) is 0 Å². The standard InChI is InChI=1S/C11H22N2O/c1-10-7-12-4-5-13(8-10)11(2)3-6-14-9-11/h10,12H,3-9H2,1-2H3. The van der Waals surface area contributed by atoms with E-state index in [2.05, 4.69) is 24.1 Å². The second-order valence-corrected chi connectivity index (χ2v) is 5.05. The molecule has 2 heterocycles. The number of rotatable bonds is 1. The van der Waals surface area contributed by atoms with Crippen LogP contribution in [0, 0.1) is 5.92 Å². The summed E-state index contributed by atoms with van der Waals surface area (Å²) < 4.78 is 5.53. The van der Waals surface area contributed by atoms with Gasteiger partial charge < -0.3 is 10.1 Å². The Balaban J connectivity index is 2.00. The molecule has 2 saturated heterocycles. The third-order valence-electron chi connectivity index (χ3n) is 3.54. The molecule has 0 radical (unpaired) electrons. The summed E-state index contributed by atoms with van der Waals surface area (Å²) in [6.07, 6.45) is 1.19. The highest BCUT2D eigenvalue weighted by atomic mass is 16.5. The first-order valence-corrected chi connectivity index (χ1v) is 5.74. The van der Waals surface area contributed by atoms with Crippen molar-refractivity contribution in [3.05, 3.63) is 0 Å². The fourth-order valence-electron chi connectivity index (χ4n) is 2.49. The van der Waals surface area contributed by atoms with E-state index in [1.165, 1.54) is 19.5 Å². The lowest BCUT2D eigenvalue weighted by Crippen LogP contribution is -2.49. The first-order chi connectivity index (χ1) is 6.71. The van der Waals surface area contributed by atoms with Crippen LogP contribution < -0.4 is 5.32 Å². The third kappa shape index (κ3) is 2.10. The van der Waals surface area contributed by atoms with Crippen molar-refractivity contribution in [2.24, 2.45) is 5.92 Å². The number of nitrogens with one attached hydrogen (secondary N) is 1. The highest BCUT2D eigenvalue weighted by Gasteiger charge is 2.36. The van der Waals surface area contributed by atoms with Crippen LogP contribution in [0.2, 0.25) is 0 Å². The zero-order valence-corrected chi connectivity index (χ0v) is 9.38. The lowest BCUT2D eigenvalue weighted by Gasteiger charge is -2.37. The molecule has 82 valence electrons. The van der Waals surface area contributed by atoms with Gasteiger partial charge in [-0.25, -0.2) is 0 Å². The van der Waals surface area contributed by atoms with Crippen molar-refractivity contribution in [2.45, 2.75) is 25.8 Å². The predicted molar refractivity (Wildman–Crippen MR) is 57.4 cm³/mol. The molecule has 2 rings (SSSR count). The molecule has 0 saturated carbocycles. The Bertz CT molecular complexity index is 190. The van der Waals surface area contributed by atoms with Crippen molar-refractivity contribution in [3.63, 3.8) is 0 Å². The average molecular weight is 198 g/mol. The number of nitrogens with zero attached hydrogens (tertiary/aromatic N) is 1. The molecule has 2 fully saturated rings. The summed E-state index contributed by atoms with van der Waals surface area (Å²) in [5.41, 5.74) is 0.306. The van der Waals surface area contributed by atoms with Crippen LogP contribution in [0.4, 0.5) is 0 Å². The fourth-order valence-corrected chi connectivity index (χ4v) is 2.49. The van der Waals surface area contributed by atoms with Gasteiger partial charge in [0.25, 0.3) is 0 Å². The van der Waals surface area contributed by atoms with Gasteiger partial charge in [0.2, 0.25) is 0 Å². The molecule has 2 aliphatic rings. The van der Waals surface area contributed by atoms with Crippen molar-refractivity contribution < 1.29 is 4.74 Å². The Morgan fingerprint density at radius 1 is 1.50 bits per heavy atom. The molecule has 2 unspecified atom stereocenters. The van der Waals surface area contributed by atoms with E-state index < -0.39 is 0 Å². The minimum atomic E-state index is 0.306. The molecule has 2 aliphatic heterocycles. The number of ether oxygens (including phenoxy) is 1. The second-order valence-electron chi connectivity index (χ2n) is 5.05. The van der Waals surface area contributed by atoms with Gasteiger partial charge >= 0.3 is 0 Å². The maximum atomic E-state index is 5.53. The zero-order chi connectivity index (χ0) is 10.0. The minimum Gasteiger partial charge on any atom is -0.379 e. The van der Waals surface area contributed by atoms with Crippen molar-refractivity contribution in [2.75, 3.05) is 39.4 Å². The van der Waals surface area contributed by atoms with Gasteiger partial charge in [-0.1, -0.05) is 6.92 Å². The summed E-state index contributed by atoms with van der Waals surface area (Å²) in [5.74, 6) is 0.759. The SMILES string of the molecule is CC1CNCCN(C2(C)CCOC2)C1. The molecule has 0 aromatic rings. The van der Waals surface area contributed by atoms with E-state index in [0.29, 0.717) is 5.54 Å². The molecule has 0 amide bonds. The van der Waals surface area contributed by atoms with E-state index in [1.807, 2.05) is 0 Å². The van der Waals surface area contributed by atoms with E-state index >= 15 is 0 Å². The maximum absolute atomic E-state index is 5.53. The van der Waals surface area contributed by atoms with Gasteiger partial charge in [0.05, 0.1) is 6.61 Å². The van der Waals surface area contributed by atoms with Crippen molar-refractivity contribution in [1.82, 2.24) is 10.2 Å². The van der Waals surface area contributed by atoms with Crippen LogP contribution in [0.1, 0.15) is 20.3 Å². The molecule has 1 N–H and O–H groups in total. The molecule has 0 aromatic carbocycles. The zero-order valence-electron chi connectivity index (χ0n) is 9.38. The first-order valence-electron chi connectivity index (χ1n) is 5.74. The van der Waals surface area contributed by atoms with Crippen LogP contribution in [0.25, 0.3) is 0 Å². The Morgan fingerprint density at radius 3 is 3.07 bits per heavy atom. The highest BCUT2D eigenvalue weighted by molar-refractivity contribution is 4.91. The van der Waals surface area contributed by atoms with Crippen LogP contribution >= 0.6 is 0 Å². The van der Waals surface area contributed by atoms with Gasteiger partial charge in [-0.15, -0.1) is 0 Å². The van der Waals surface area contributed by atoms with Crippen LogP contribution in [-0.2, 0) is 4.74 Å². The number of hydrogen-bond acceptors (Lipinski definition) is 3. The second kappa shape index (κ2) is 4.17. The lowest BCUT2D eigenvalue weighted by molar-refractivity contribution is 0.0768. The Morgan fingerprint density at radius 2 is 2.36 bits per heavy atom. The summed E-state index contributed by atoms with van der Waals surface area (Å²) >= 11 is 0. The molecular weight excluding hydrogens is 176 g/mol. The lowest BCUT2D eigenvalue weighted by atomic mass is 9.97. The van der Waals surface area contributed by atoms with E-state index in [-0.39, 0.29) is 0 Å². The van der Waals surface area contributed by atoms with Gasteiger partial charge in [-0.3, -0.25) is 4.90 Å². The molecule has 0 aliphatic carbocycles. The molecule has 0 spiro atoms. The summed E-state index contributed by atoms with van der Waals surface area (Å²) in [4.78, 5) is 2.62.